The maximum atomic E-state index is 13.0. The summed E-state index contributed by atoms with van der Waals surface area (Å²) in [6, 6.07) is 2.12. The van der Waals surface area contributed by atoms with E-state index in [2.05, 4.69) is 5.32 Å². The van der Waals surface area contributed by atoms with E-state index in [1.807, 2.05) is 0 Å². The molecule has 1 aliphatic heterocycles. The van der Waals surface area contributed by atoms with Crippen molar-refractivity contribution in [2.45, 2.75) is 11.8 Å². The zero-order valence-corrected chi connectivity index (χ0v) is 8.11. The largest absolute Gasteiger partial charge is 0.416 e. The van der Waals surface area contributed by atoms with Crippen LogP contribution in [0.25, 0.3) is 0 Å². The van der Waals surface area contributed by atoms with Gasteiger partial charge in [-0.25, -0.2) is 4.39 Å². The first-order chi connectivity index (χ1) is 7.31. The monoisotopic (exact) mass is 235 g/mol. The van der Waals surface area contributed by atoms with E-state index in [0.29, 0.717) is 6.07 Å². The SMILES string of the molecule is OC1(c2cc(F)cc(C(F)(F)F)c2)CNC1. The zero-order valence-electron chi connectivity index (χ0n) is 8.11. The number of benzene rings is 1. The van der Waals surface area contributed by atoms with E-state index in [1.165, 1.54) is 0 Å². The predicted octanol–water partition coefficient (Wildman–Crippen LogP) is 1.64. The molecule has 0 saturated carbocycles. The summed E-state index contributed by atoms with van der Waals surface area (Å²) in [6.07, 6.45) is -4.61. The van der Waals surface area contributed by atoms with Gasteiger partial charge in [0.1, 0.15) is 11.4 Å². The molecule has 1 saturated heterocycles. The molecule has 2 rings (SSSR count). The molecular weight excluding hydrogens is 226 g/mol. The summed E-state index contributed by atoms with van der Waals surface area (Å²) < 4.78 is 50.2. The smallest absolute Gasteiger partial charge is 0.382 e. The Morgan fingerprint density at radius 3 is 2.25 bits per heavy atom. The molecule has 1 aliphatic rings. The molecule has 0 spiro atoms. The maximum Gasteiger partial charge on any atom is 0.416 e. The maximum absolute atomic E-state index is 13.0. The highest BCUT2D eigenvalue weighted by molar-refractivity contribution is 5.33. The van der Waals surface area contributed by atoms with Gasteiger partial charge in [0.25, 0.3) is 0 Å². The standard InChI is InChI=1S/C10H9F4NO/c11-8-2-6(9(16)4-15-5-9)1-7(3-8)10(12,13)14/h1-3,15-16H,4-5H2. The number of hydrogen-bond acceptors (Lipinski definition) is 2. The van der Waals surface area contributed by atoms with Crippen LogP contribution in [0.15, 0.2) is 18.2 Å². The Balaban J connectivity index is 2.44. The molecule has 6 heteroatoms. The van der Waals surface area contributed by atoms with Crippen molar-refractivity contribution < 1.29 is 22.7 Å². The number of halogens is 4. The molecule has 0 unspecified atom stereocenters. The van der Waals surface area contributed by atoms with Gasteiger partial charge in [-0.3, -0.25) is 0 Å². The van der Waals surface area contributed by atoms with E-state index < -0.39 is 23.2 Å². The minimum absolute atomic E-state index is 0.0430. The average molecular weight is 235 g/mol. The molecule has 0 radical (unpaired) electrons. The van der Waals surface area contributed by atoms with Crippen molar-refractivity contribution in [3.63, 3.8) is 0 Å². The van der Waals surface area contributed by atoms with E-state index in [4.69, 9.17) is 0 Å². The molecule has 1 fully saturated rings. The molecular formula is C10H9F4NO. The summed E-state index contributed by atoms with van der Waals surface area (Å²) in [6.45, 7) is 0.265. The van der Waals surface area contributed by atoms with E-state index in [1.54, 1.807) is 0 Å². The lowest BCUT2D eigenvalue weighted by Crippen LogP contribution is -2.56. The lowest BCUT2D eigenvalue weighted by atomic mass is 9.87. The molecule has 0 aromatic heterocycles. The van der Waals surface area contributed by atoms with Crippen LogP contribution in [0.5, 0.6) is 0 Å². The Kier molecular flexibility index (Phi) is 2.43. The van der Waals surface area contributed by atoms with Crippen LogP contribution in [-0.2, 0) is 11.8 Å². The first-order valence-electron chi connectivity index (χ1n) is 4.63. The molecule has 1 aromatic carbocycles. The quantitative estimate of drug-likeness (QED) is 0.725. The van der Waals surface area contributed by atoms with Gasteiger partial charge in [-0.1, -0.05) is 0 Å². The molecule has 88 valence electrons. The number of β-amino-alcohol motifs (C(OH)–C–C–N with tert-alkyl or cyclic N) is 1. The molecule has 0 amide bonds. The Labute approximate surface area is 88.9 Å². The molecule has 2 nitrogen and oxygen atoms in total. The highest BCUT2D eigenvalue weighted by atomic mass is 19.4. The van der Waals surface area contributed by atoms with Gasteiger partial charge in [0.05, 0.1) is 5.56 Å². The first kappa shape index (κ1) is 11.3. The van der Waals surface area contributed by atoms with E-state index in [0.717, 1.165) is 12.1 Å². The average Bonchev–Trinajstić information content (AvgIpc) is 2.11. The minimum atomic E-state index is -4.61. The van der Waals surface area contributed by atoms with Crippen molar-refractivity contribution in [1.29, 1.82) is 0 Å². The van der Waals surface area contributed by atoms with Crippen molar-refractivity contribution in [1.82, 2.24) is 5.32 Å². The van der Waals surface area contributed by atoms with E-state index >= 15 is 0 Å². The second kappa shape index (κ2) is 3.43. The number of aliphatic hydroxyl groups is 1. The van der Waals surface area contributed by atoms with Gasteiger partial charge in [-0.15, -0.1) is 0 Å². The van der Waals surface area contributed by atoms with Gasteiger partial charge in [-0.05, 0) is 23.8 Å². The van der Waals surface area contributed by atoms with E-state index in [9.17, 15) is 22.7 Å². The van der Waals surface area contributed by atoms with Crippen LogP contribution in [0.1, 0.15) is 11.1 Å². The Bertz CT molecular complexity index is 412. The Morgan fingerprint density at radius 1 is 1.19 bits per heavy atom. The van der Waals surface area contributed by atoms with Gasteiger partial charge in [0.2, 0.25) is 0 Å². The van der Waals surface area contributed by atoms with Crippen molar-refractivity contribution in [3.8, 4) is 0 Å². The summed E-state index contributed by atoms with van der Waals surface area (Å²) in [5, 5.41) is 12.5. The van der Waals surface area contributed by atoms with Gasteiger partial charge in [0.15, 0.2) is 0 Å². The van der Waals surface area contributed by atoms with Crippen molar-refractivity contribution in [2.24, 2.45) is 0 Å². The Morgan fingerprint density at radius 2 is 1.81 bits per heavy atom. The number of hydrogen-bond donors (Lipinski definition) is 2. The van der Waals surface area contributed by atoms with Crippen molar-refractivity contribution in [3.05, 3.63) is 35.1 Å². The third kappa shape index (κ3) is 1.90. The van der Waals surface area contributed by atoms with Gasteiger partial charge in [-0.2, -0.15) is 13.2 Å². The third-order valence-electron chi connectivity index (χ3n) is 2.60. The molecule has 2 N–H and O–H groups in total. The van der Waals surface area contributed by atoms with Crippen molar-refractivity contribution in [2.75, 3.05) is 13.1 Å². The molecule has 1 heterocycles. The third-order valence-corrected chi connectivity index (χ3v) is 2.60. The zero-order chi connectivity index (χ0) is 12.0. The summed E-state index contributed by atoms with van der Waals surface area (Å²) in [7, 11) is 0. The molecule has 0 bridgehead atoms. The summed E-state index contributed by atoms with van der Waals surface area (Å²) in [4.78, 5) is 0. The topological polar surface area (TPSA) is 32.3 Å². The normalized spacial score (nSPS) is 19.3. The van der Waals surface area contributed by atoms with Crippen LogP contribution in [0.3, 0.4) is 0 Å². The number of alkyl halides is 3. The summed E-state index contributed by atoms with van der Waals surface area (Å²) in [5.41, 5.74) is -2.51. The predicted molar refractivity (Wildman–Crippen MR) is 48.2 cm³/mol. The minimum Gasteiger partial charge on any atom is -0.382 e. The van der Waals surface area contributed by atoms with Gasteiger partial charge < -0.3 is 10.4 Å². The lowest BCUT2D eigenvalue weighted by molar-refractivity contribution is -0.138. The van der Waals surface area contributed by atoms with Gasteiger partial charge >= 0.3 is 6.18 Å². The van der Waals surface area contributed by atoms with Crippen LogP contribution >= 0.6 is 0 Å². The van der Waals surface area contributed by atoms with E-state index in [-0.39, 0.29) is 18.7 Å². The first-order valence-corrected chi connectivity index (χ1v) is 4.63. The molecule has 0 atom stereocenters. The fraction of sp³-hybridized carbons (Fsp3) is 0.400. The highest BCUT2D eigenvalue weighted by Gasteiger charge is 2.39. The number of rotatable bonds is 1. The lowest BCUT2D eigenvalue weighted by Gasteiger charge is -2.38. The fourth-order valence-electron chi connectivity index (χ4n) is 1.59. The van der Waals surface area contributed by atoms with Crippen LogP contribution < -0.4 is 5.32 Å². The second-order valence-corrected chi connectivity index (χ2v) is 3.86. The van der Waals surface area contributed by atoms with Crippen LogP contribution in [0, 0.1) is 5.82 Å². The van der Waals surface area contributed by atoms with Gasteiger partial charge in [0, 0.05) is 13.1 Å². The molecule has 0 aliphatic carbocycles. The van der Waals surface area contributed by atoms with Crippen LogP contribution in [0.4, 0.5) is 17.6 Å². The van der Waals surface area contributed by atoms with Crippen molar-refractivity contribution >= 4 is 0 Å². The van der Waals surface area contributed by atoms with Crippen LogP contribution in [0.2, 0.25) is 0 Å². The summed E-state index contributed by atoms with van der Waals surface area (Å²) >= 11 is 0. The van der Waals surface area contributed by atoms with Crippen LogP contribution in [-0.4, -0.2) is 18.2 Å². The summed E-state index contributed by atoms with van der Waals surface area (Å²) in [5.74, 6) is -0.995. The molecule has 1 aromatic rings. The highest BCUT2D eigenvalue weighted by Crippen LogP contribution is 2.34. The Hall–Kier alpha value is -1.14. The molecule has 16 heavy (non-hydrogen) atoms. The fourth-order valence-corrected chi connectivity index (χ4v) is 1.59. The number of nitrogens with one attached hydrogen (secondary N) is 1. The second-order valence-electron chi connectivity index (χ2n) is 3.86.